The number of benzene rings is 1. The second-order valence-corrected chi connectivity index (χ2v) is 5.97. The summed E-state index contributed by atoms with van der Waals surface area (Å²) < 4.78 is 0. The van der Waals surface area contributed by atoms with E-state index in [0.717, 1.165) is 18.4 Å². The van der Waals surface area contributed by atoms with Crippen molar-refractivity contribution in [2.75, 3.05) is 6.54 Å². The first kappa shape index (κ1) is 12.6. The van der Waals surface area contributed by atoms with Crippen molar-refractivity contribution in [3.63, 3.8) is 0 Å². The number of nitrogens with zero attached hydrogens (tertiary/aromatic N) is 1. The molecule has 2 nitrogen and oxygen atoms in total. The molecule has 1 aromatic heterocycles. The van der Waals surface area contributed by atoms with Gasteiger partial charge in [0.2, 0.25) is 0 Å². The third kappa shape index (κ3) is 3.13. The minimum absolute atomic E-state index is 0.889. The predicted octanol–water partition coefficient (Wildman–Crippen LogP) is 3.76. The lowest BCUT2D eigenvalue weighted by Gasteiger charge is -2.11. The zero-order valence-corrected chi connectivity index (χ0v) is 11.6. The van der Waals surface area contributed by atoms with Gasteiger partial charge in [0.1, 0.15) is 0 Å². The van der Waals surface area contributed by atoms with Gasteiger partial charge >= 0.3 is 0 Å². The highest BCUT2D eigenvalue weighted by Crippen LogP contribution is 2.29. The molecule has 2 heteroatoms. The quantitative estimate of drug-likeness (QED) is 0.898. The highest BCUT2D eigenvalue weighted by Gasteiger charge is 2.20. The minimum atomic E-state index is 0.889. The van der Waals surface area contributed by atoms with Crippen LogP contribution in [0.25, 0.3) is 10.8 Å². The maximum atomic E-state index is 4.15. The van der Waals surface area contributed by atoms with Crippen LogP contribution in [0.5, 0.6) is 0 Å². The Hall–Kier alpha value is -1.41. The fourth-order valence-corrected chi connectivity index (χ4v) is 3.17. The maximum absolute atomic E-state index is 4.15. The van der Waals surface area contributed by atoms with Crippen LogP contribution in [0.1, 0.15) is 31.7 Å². The number of hydrogen-bond acceptors (Lipinski definition) is 2. The van der Waals surface area contributed by atoms with Crippen molar-refractivity contribution in [1.82, 2.24) is 10.3 Å². The van der Waals surface area contributed by atoms with Crippen LogP contribution in [-0.2, 0) is 6.54 Å². The van der Waals surface area contributed by atoms with Crippen LogP contribution in [-0.4, -0.2) is 11.5 Å². The van der Waals surface area contributed by atoms with Gasteiger partial charge in [0.15, 0.2) is 0 Å². The average molecular weight is 254 g/mol. The van der Waals surface area contributed by atoms with Gasteiger partial charge in [-0.3, -0.25) is 4.98 Å². The van der Waals surface area contributed by atoms with E-state index in [0.29, 0.717) is 0 Å². The lowest BCUT2D eigenvalue weighted by Crippen LogP contribution is -2.20. The number of fused-ring (bicyclic) bond motifs is 1. The molecule has 2 atom stereocenters. The summed E-state index contributed by atoms with van der Waals surface area (Å²) in [5.74, 6) is 1.82. The highest BCUT2D eigenvalue weighted by atomic mass is 14.9. The SMILES string of the molecule is CC1CCC(CNCc2ccc3cnccc3c2)C1. The number of hydrogen-bond donors (Lipinski definition) is 1. The van der Waals surface area contributed by atoms with Gasteiger partial charge in [0.25, 0.3) is 0 Å². The Labute approximate surface area is 115 Å². The van der Waals surface area contributed by atoms with Crippen LogP contribution in [0.15, 0.2) is 36.7 Å². The molecule has 1 aliphatic carbocycles. The van der Waals surface area contributed by atoms with Crippen molar-refractivity contribution in [3.8, 4) is 0 Å². The van der Waals surface area contributed by atoms with Crippen LogP contribution in [0.4, 0.5) is 0 Å². The minimum Gasteiger partial charge on any atom is -0.312 e. The number of rotatable bonds is 4. The van der Waals surface area contributed by atoms with Crippen molar-refractivity contribution in [2.24, 2.45) is 11.8 Å². The summed E-state index contributed by atoms with van der Waals surface area (Å²) in [6.07, 6.45) is 8.00. The second kappa shape index (κ2) is 5.70. The van der Waals surface area contributed by atoms with Gasteiger partial charge in [-0.1, -0.05) is 25.5 Å². The Kier molecular flexibility index (Phi) is 3.79. The molecule has 2 unspecified atom stereocenters. The van der Waals surface area contributed by atoms with Gasteiger partial charge in [-0.2, -0.15) is 0 Å². The monoisotopic (exact) mass is 254 g/mol. The largest absolute Gasteiger partial charge is 0.312 e. The van der Waals surface area contributed by atoms with Crippen molar-refractivity contribution < 1.29 is 0 Å². The molecule has 1 aliphatic rings. The molecule has 0 bridgehead atoms. The zero-order valence-electron chi connectivity index (χ0n) is 11.6. The summed E-state index contributed by atoms with van der Waals surface area (Å²) in [5, 5.41) is 6.11. The molecule has 19 heavy (non-hydrogen) atoms. The second-order valence-electron chi connectivity index (χ2n) is 5.97. The van der Waals surface area contributed by atoms with Gasteiger partial charge in [-0.05, 0) is 54.3 Å². The molecule has 1 N–H and O–H groups in total. The smallest absolute Gasteiger partial charge is 0.0346 e. The van der Waals surface area contributed by atoms with Gasteiger partial charge in [-0.25, -0.2) is 0 Å². The predicted molar refractivity (Wildman–Crippen MR) is 80.0 cm³/mol. The van der Waals surface area contributed by atoms with Crippen LogP contribution in [0, 0.1) is 11.8 Å². The van der Waals surface area contributed by atoms with E-state index in [2.05, 4.69) is 41.5 Å². The summed E-state index contributed by atoms with van der Waals surface area (Å²) in [7, 11) is 0. The van der Waals surface area contributed by atoms with E-state index in [9.17, 15) is 0 Å². The average Bonchev–Trinajstić information content (AvgIpc) is 2.84. The molecule has 2 aromatic rings. The van der Waals surface area contributed by atoms with Gasteiger partial charge in [0, 0.05) is 24.3 Å². The first-order valence-corrected chi connectivity index (χ1v) is 7.34. The first-order chi connectivity index (χ1) is 9.31. The van der Waals surface area contributed by atoms with E-state index in [-0.39, 0.29) is 0 Å². The fourth-order valence-electron chi connectivity index (χ4n) is 3.17. The number of nitrogens with one attached hydrogen (secondary N) is 1. The van der Waals surface area contributed by atoms with Gasteiger partial charge < -0.3 is 5.32 Å². The Bertz CT molecular complexity index is 550. The summed E-state index contributed by atoms with van der Waals surface area (Å²) in [4.78, 5) is 4.15. The van der Waals surface area contributed by atoms with Crippen molar-refractivity contribution in [3.05, 3.63) is 42.2 Å². The number of aromatic nitrogens is 1. The lowest BCUT2D eigenvalue weighted by atomic mass is 10.1. The van der Waals surface area contributed by atoms with Crippen LogP contribution < -0.4 is 5.32 Å². The summed E-state index contributed by atoms with van der Waals surface area (Å²) in [5.41, 5.74) is 1.37. The van der Waals surface area contributed by atoms with E-state index in [1.807, 2.05) is 12.4 Å². The van der Waals surface area contributed by atoms with Gasteiger partial charge in [0.05, 0.1) is 0 Å². The molecule has 1 saturated carbocycles. The molecule has 0 amide bonds. The number of pyridine rings is 1. The van der Waals surface area contributed by atoms with Gasteiger partial charge in [-0.15, -0.1) is 0 Å². The van der Waals surface area contributed by atoms with Crippen LogP contribution in [0.2, 0.25) is 0 Å². The third-order valence-electron chi connectivity index (χ3n) is 4.27. The van der Waals surface area contributed by atoms with E-state index < -0.39 is 0 Å². The standard InChI is InChI=1S/C17H22N2/c1-13-2-3-14(8-13)10-19-11-15-4-5-17-12-18-7-6-16(17)9-15/h4-7,9,12-14,19H,2-3,8,10-11H2,1H3. The molecule has 0 radical (unpaired) electrons. The molecule has 100 valence electrons. The Morgan fingerprint density at radius 1 is 1.21 bits per heavy atom. The Balaban J connectivity index is 1.56. The molecule has 3 rings (SSSR count). The maximum Gasteiger partial charge on any atom is 0.0346 e. The van der Waals surface area contributed by atoms with E-state index in [4.69, 9.17) is 0 Å². The molecule has 1 heterocycles. The van der Waals surface area contributed by atoms with E-state index in [1.165, 1.54) is 42.1 Å². The Morgan fingerprint density at radius 3 is 3.00 bits per heavy atom. The van der Waals surface area contributed by atoms with E-state index in [1.54, 1.807) is 0 Å². The van der Waals surface area contributed by atoms with Crippen molar-refractivity contribution in [1.29, 1.82) is 0 Å². The molecule has 0 saturated heterocycles. The van der Waals surface area contributed by atoms with Crippen LogP contribution >= 0.6 is 0 Å². The lowest BCUT2D eigenvalue weighted by molar-refractivity contribution is 0.471. The molecule has 0 aliphatic heterocycles. The summed E-state index contributed by atoms with van der Waals surface area (Å²) >= 11 is 0. The first-order valence-electron chi connectivity index (χ1n) is 7.34. The summed E-state index contributed by atoms with van der Waals surface area (Å²) in [6, 6.07) is 8.71. The Morgan fingerprint density at radius 2 is 2.16 bits per heavy atom. The molecule has 0 spiro atoms. The van der Waals surface area contributed by atoms with Crippen molar-refractivity contribution >= 4 is 10.8 Å². The molecule has 1 aromatic carbocycles. The molecule has 1 fully saturated rings. The molecular formula is C17H22N2. The third-order valence-corrected chi connectivity index (χ3v) is 4.27. The van der Waals surface area contributed by atoms with Crippen molar-refractivity contribution in [2.45, 2.75) is 32.7 Å². The topological polar surface area (TPSA) is 24.9 Å². The fraction of sp³-hybridized carbons (Fsp3) is 0.471. The van der Waals surface area contributed by atoms with Crippen LogP contribution in [0.3, 0.4) is 0 Å². The normalized spacial score (nSPS) is 23.0. The molecular weight excluding hydrogens is 232 g/mol. The van der Waals surface area contributed by atoms with E-state index >= 15 is 0 Å². The highest BCUT2D eigenvalue weighted by molar-refractivity contribution is 5.81. The summed E-state index contributed by atoms with van der Waals surface area (Å²) in [6.45, 7) is 4.51. The zero-order chi connectivity index (χ0) is 13.1.